The molecule has 92 valence electrons. The average Bonchev–Trinajstić information content (AvgIpc) is 2.24. The molecule has 0 amide bonds. The van der Waals surface area contributed by atoms with Crippen LogP contribution in [0.5, 0.6) is 0 Å². The van der Waals surface area contributed by atoms with Gasteiger partial charge in [-0.1, -0.05) is 5.92 Å². The molecule has 0 aliphatic carbocycles. The summed E-state index contributed by atoms with van der Waals surface area (Å²) in [5.41, 5.74) is -1.26. The van der Waals surface area contributed by atoms with Gasteiger partial charge in [0.05, 0.1) is 19.3 Å². The summed E-state index contributed by atoms with van der Waals surface area (Å²) in [5.74, 6) is 2.11. The zero-order chi connectivity index (χ0) is 12.8. The Labute approximate surface area is 97.7 Å². The third-order valence-electron chi connectivity index (χ3n) is 2.55. The minimum atomic E-state index is -0.833. The predicted octanol–water partition coefficient (Wildman–Crippen LogP) is 0.956. The van der Waals surface area contributed by atoms with Gasteiger partial charge < -0.3 is 9.47 Å². The Kier molecular flexibility index (Phi) is 5.49. The van der Waals surface area contributed by atoms with Gasteiger partial charge in [0.15, 0.2) is 0 Å². The SMILES string of the molecule is C#CCNC(C)(CC(C)(C)OC)C(=O)OC. The number of carbonyl (C=O) groups is 1. The van der Waals surface area contributed by atoms with Crippen LogP contribution in [0.3, 0.4) is 0 Å². The molecule has 0 aromatic heterocycles. The van der Waals surface area contributed by atoms with Crippen LogP contribution in [0.4, 0.5) is 0 Å². The Hall–Kier alpha value is -1.05. The Morgan fingerprint density at radius 2 is 1.94 bits per heavy atom. The van der Waals surface area contributed by atoms with Crippen molar-refractivity contribution in [1.29, 1.82) is 0 Å². The van der Waals surface area contributed by atoms with Crippen LogP contribution in [0.1, 0.15) is 27.2 Å². The molecule has 0 saturated heterocycles. The molecule has 16 heavy (non-hydrogen) atoms. The van der Waals surface area contributed by atoms with Crippen LogP contribution < -0.4 is 5.32 Å². The zero-order valence-electron chi connectivity index (χ0n) is 10.7. The maximum atomic E-state index is 11.7. The maximum absolute atomic E-state index is 11.7. The van der Waals surface area contributed by atoms with E-state index in [1.54, 1.807) is 14.0 Å². The van der Waals surface area contributed by atoms with E-state index >= 15 is 0 Å². The van der Waals surface area contributed by atoms with E-state index in [2.05, 4.69) is 11.2 Å². The molecule has 0 aliphatic heterocycles. The van der Waals surface area contributed by atoms with Crippen molar-refractivity contribution < 1.29 is 14.3 Å². The first-order chi connectivity index (χ1) is 7.31. The molecule has 0 aromatic rings. The van der Waals surface area contributed by atoms with E-state index in [9.17, 15) is 4.79 Å². The predicted molar refractivity (Wildman–Crippen MR) is 63.0 cm³/mol. The molecule has 0 fully saturated rings. The van der Waals surface area contributed by atoms with Gasteiger partial charge in [0.1, 0.15) is 5.54 Å². The summed E-state index contributed by atoms with van der Waals surface area (Å²) < 4.78 is 10.1. The topological polar surface area (TPSA) is 47.6 Å². The first kappa shape index (κ1) is 14.9. The highest BCUT2D eigenvalue weighted by Crippen LogP contribution is 2.24. The van der Waals surface area contributed by atoms with Crippen molar-refractivity contribution in [3.63, 3.8) is 0 Å². The van der Waals surface area contributed by atoms with Crippen molar-refractivity contribution in [1.82, 2.24) is 5.32 Å². The molecule has 1 N–H and O–H groups in total. The minimum Gasteiger partial charge on any atom is -0.468 e. The normalized spacial score (nSPS) is 15.0. The van der Waals surface area contributed by atoms with E-state index < -0.39 is 11.1 Å². The molecule has 4 heteroatoms. The molecule has 0 aromatic carbocycles. The molecule has 0 heterocycles. The number of hydrogen-bond acceptors (Lipinski definition) is 4. The molecule has 0 saturated carbocycles. The van der Waals surface area contributed by atoms with Crippen LogP contribution in [0.2, 0.25) is 0 Å². The second kappa shape index (κ2) is 5.88. The number of esters is 1. The summed E-state index contributed by atoms with van der Waals surface area (Å²) in [6.07, 6.45) is 5.65. The highest BCUT2D eigenvalue weighted by molar-refractivity contribution is 5.80. The van der Waals surface area contributed by atoms with Crippen LogP contribution in [0.25, 0.3) is 0 Å². The number of rotatable bonds is 6. The maximum Gasteiger partial charge on any atom is 0.325 e. The Morgan fingerprint density at radius 3 is 2.31 bits per heavy atom. The van der Waals surface area contributed by atoms with Crippen LogP contribution in [-0.4, -0.2) is 37.9 Å². The lowest BCUT2D eigenvalue weighted by Crippen LogP contribution is -2.54. The van der Waals surface area contributed by atoms with E-state index in [-0.39, 0.29) is 5.97 Å². The van der Waals surface area contributed by atoms with Crippen molar-refractivity contribution in [2.45, 2.75) is 38.3 Å². The Morgan fingerprint density at radius 1 is 1.38 bits per heavy atom. The van der Waals surface area contributed by atoms with Crippen LogP contribution in [0.15, 0.2) is 0 Å². The van der Waals surface area contributed by atoms with Crippen LogP contribution in [0, 0.1) is 12.3 Å². The van der Waals surface area contributed by atoms with Crippen molar-refractivity contribution in [2.75, 3.05) is 20.8 Å². The zero-order valence-corrected chi connectivity index (χ0v) is 10.7. The Balaban J connectivity index is 4.80. The number of ether oxygens (including phenoxy) is 2. The molecule has 4 nitrogen and oxygen atoms in total. The van der Waals surface area contributed by atoms with Gasteiger partial charge in [-0.3, -0.25) is 10.1 Å². The summed E-state index contributed by atoms with van der Waals surface area (Å²) >= 11 is 0. The quantitative estimate of drug-likeness (QED) is 0.542. The molecule has 0 rings (SSSR count). The summed E-state index contributed by atoms with van der Waals surface area (Å²) in [7, 11) is 2.97. The van der Waals surface area contributed by atoms with Gasteiger partial charge >= 0.3 is 5.97 Å². The fourth-order valence-corrected chi connectivity index (χ4v) is 1.60. The fourth-order valence-electron chi connectivity index (χ4n) is 1.60. The fraction of sp³-hybridized carbons (Fsp3) is 0.750. The molecule has 0 spiro atoms. The van der Waals surface area contributed by atoms with E-state index in [1.807, 2.05) is 13.8 Å². The number of carbonyl (C=O) groups excluding carboxylic acids is 1. The number of terminal acetylenes is 1. The van der Waals surface area contributed by atoms with E-state index in [1.165, 1.54) is 7.11 Å². The van der Waals surface area contributed by atoms with Gasteiger partial charge in [0, 0.05) is 13.5 Å². The third-order valence-corrected chi connectivity index (χ3v) is 2.55. The lowest BCUT2D eigenvalue weighted by Gasteiger charge is -2.34. The molecule has 1 atom stereocenters. The van der Waals surface area contributed by atoms with Gasteiger partial charge in [-0.05, 0) is 20.8 Å². The standard InChI is InChI=1S/C12H21NO3/c1-7-8-13-12(4,10(14)15-5)9-11(2,3)16-6/h1,13H,8-9H2,2-6H3. The van der Waals surface area contributed by atoms with Gasteiger partial charge in [-0.2, -0.15) is 0 Å². The van der Waals surface area contributed by atoms with Gasteiger partial charge in [0.25, 0.3) is 0 Å². The van der Waals surface area contributed by atoms with Crippen molar-refractivity contribution in [3.05, 3.63) is 0 Å². The smallest absolute Gasteiger partial charge is 0.325 e. The van der Waals surface area contributed by atoms with E-state index in [4.69, 9.17) is 15.9 Å². The Bertz CT molecular complexity index is 280. The molecule has 0 bridgehead atoms. The first-order valence-electron chi connectivity index (χ1n) is 5.13. The van der Waals surface area contributed by atoms with E-state index in [0.717, 1.165) is 0 Å². The van der Waals surface area contributed by atoms with Crippen LogP contribution in [-0.2, 0) is 14.3 Å². The lowest BCUT2D eigenvalue weighted by molar-refractivity contribution is -0.151. The molecular formula is C12H21NO3. The molecule has 0 radical (unpaired) electrons. The lowest BCUT2D eigenvalue weighted by atomic mass is 9.87. The highest BCUT2D eigenvalue weighted by atomic mass is 16.5. The molecule has 0 aliphatic rings. The second-order valence-electron chi connectivity index (χ2n) is 4.52. The minimum absolute atomic E-state index is 0.311. The third kappa shape index (κ3) is 4.21. The number of nitrogens with one attached hydrogen (secondary N) is 1. The number of methoxy groups -OCH3 is 2. The van der Waals surface area contributed by atoms with Gasteiger partial charge in [-0.15, -0.1) is 6.42 Å². The first-order valence-corrected chi connectivity index (χ1v) is 5.13. The van der Waals surface area contributed by atoms with Crippen molar-refractivity contribution in [2.24, 2.45) is 0 Å². The monoisotopic (exact) mass is 227 g/mol. The van der Waals surface area contributed by atoms with Crippen LogP contribution >= 0.6 is 0 Å². The summed E-state index contributed by atoms with van der Waals surface area (Å²) in [5, 5.41) is 3.00. The second-order valence-corrected chi connectivity index (χ2v) is 4.52. The highest BCUT2D eigenvalue weighted by Gasteiger charge is 2.39. The van der Waals surface area contributed by atoms with Crippen molar-refractivity contribution in [3.8, 4) is 12.3 Å². The van der Waals surface area contributed by atoms with E-state index in [0.29, 0.717) is 13.0 Å². The number of hydrogen-bond donors (Lipinski definition) is 1. The summed E-state index contributed by atoms with van der Waals surface area (Å²) in [6.45, 7) is 5.89. The van der Waals surface area contributed by atoms with Gasteiger partial charge in [0.2, 0.25) is 0 Å². The van der Waals surface area contributed by atoms with Crippen molar-refractivity contribution >= 4 is 5.97 Å². The summed E-state index contributed by atoms with van der Waals surface area (Å²) in [4.78, 5) is 11.7. The summed E-state index contributed by atoms with van der Waals surface area (Å²) in [6, 6.07) is 0. The molecule has 1 unspecified atom stereocenters. The average molecular weight is 227 g/mol. The molecular weight excluding hydrogens is 206 g/mol. The van der Waals surface area contributed by atoms with Gasteiger partial charge in [-0.25, -0.2) is 0 Å². The largest absolute Gasteiger partial charge is 0.468 e.